The van der Waals surface area contributed by atoms with Gasteiger partial charge in [-0.3, -0.25) is 9.78 Å². The molecule has 1 aromatic heterocycles. The van der Waals surface area contributed by atoms with E-state index in [2.05, 4.69) is 16.8 Å². The van der Waals surface area contributed by atoms with Crippen LogP contribution < -0.4 is 5.73 Å². The molecule has 1 atom stereocenters. The van der Waals surface area contributed by atoms with Crippen LogP contribution in [0.1, 0.15) is 22.8 Å². The monoisotopic (exact) mass is 247 g/mol. The zero-order valence-electron chi connectivity index (χ0n) is 10.6. The van der Waals surface area contributed by atoms with Gasteiger partial charge < -0.3 is 15.7 Å². The van der Waals surface area contributed by atoms with Crippen LogP contribution in [0.2, 0.25) is 0 Å². The van der Waals surface area contributed by atoms with Crippen molar-refractivity contribution in [3.05, 3.63) is 29.6 Å². The summed E-state index contributed by atoms with van der Waals surface area (Å²) in [7, 11) is 1.63. The molecule has 0 saturated heterocycles. The number of carbonyl (C=O) groups is 1. The number of hydrogen-bond acceptors (Lipinski definition) is 4. The van der Waals surface area contributed by atoms with E-state index in [1.165, 1.54) is 11.1 Å². The second kappa shape index (κ2) is 6.74. The summed E-state index contributed by atoms with van der Waals surface area (Å²) in [5, 5.41) is 9.24. The van der Waals surface area contributed by atoms with Gasteiger partial charge in [-0.1, -0.05) is 11.8 Å². The fraction of sp³-hybridized carbons (Fsp3) is 0.385. The standard InChI is InChI=1S/C13H17N3O2/c1-10(17)9-16(2)13(18)12-6-11(4-3-5-14)7-15-8-12/h6-8,10,17H,5,9,14H2,1-2H3. The summed E-state index contributed by atoms with van der Waals surface area (Å²) in [5.41, 5.74) is 6.38. The molecule has 0 aliphatic heterocycles. The predicted octanol–water partition coefficient (Wildman–Crippen LogP) is -0.155. The first kappa shape index (κ1) is 14.2. The molecule has 18 heavy (non-hydrogen) atoms. The van der Waals surface area contributed by atoms with Crippen molar-refractivity contribution < 1.29 is 9.90 Å². The van der Waals surface area contributed by atoms with Crippen LogP contribution in [0.5, 0.6) is 0 Å². The number of aliphatic hydroxyl groups is 1. The van der Waals surface area contributed by atoms with Gasteiger partial charge in [-0.15, -0.1) is 0 Å². The highest BCUT2D eigenvalue weighted by atomic mass is 16.3. The van der Waals surface area contributed by atoms with Crippen LogP contribution in [0.4, 0.5) is 0 Å². The molecule has 0 aliphatic carbocycles. The maximum Gasteiger partial charge on any atom is 0.255 e. The van der Waals surface area contributed by atoms with E-state index < -0.39 is 6.10 Å². The predicted molar refractivity (Wildman–Crippen MR) is 68.8 cm³/mol. The first-order valence-electron chi connectivity index (χ1n) is 5.62. The third kappa shape index (κ3) is 4.17. The number of likely N-dealkylation sites (N-methyl/N-ethyl adjacent to an activating group) is 1. The minimum atomic E-state index is -0.563. The SMILES string of the molecule is CC(O)CN(C)C(=O)c1cncc(C#CCN)c1. The maximum atomic E-state index is 12.0. The van der Waals surface area contributed by atoms with E-state index in [9.17, 15) is 9.90 Å². The van der Waals surface area contributed by atoms with Gasteiger partial charge in [0.05, 0.1) is 18.2 Å². The Morgan fingerprint density at radius 1 is 1.61 bits per heavy atom. The number of amides is 1. The van der Waals surface area contributed by atoms with E-state index in [0.717, 1.165) is 0 Å². The summed E-state index contributed by atoms with van der Waals surface area (Å²) < 4.78 is 0. The molecule has 0 bridgehead atoms. The van der Waals surface area contributed by atoms with Gasteiger partial charge in [-0.2, -0.15) is 0 Å². The molecule has 1 unspecified atom stereocenters. The van der Waals surface area contributed by atoms with Gasteiger partial charge in [-0.25, -0.2) is 0 Å². The summed E-state index contributed by atoms with van der Waals surface area (Å²) in [6.45, 7) is 2.17. The zero-order chi connectivity index (χ0) is 13.5. The van der Waals surface area contributed by atoms with E-state index in [-0.39, 0.29) is 19.0 Å². The average Bonchev–Trinajstić information content (AvgIpc) is 2.35. The molecule has 5 nitrogen and oxygen atoms in total. The summed E-state index contributed by atoms with van der Waals surface area (Å²) in [4.78, 5) is 17.4. The van der Waals surface area contributed by atoms with E-state index in [0.29, 0.717) is 11.1 Å². The van der Waals surface area contributed by atoms with Crippen LogP contribution in [0.15, 0.2) is 18.5 Å². The lowest BCUT2D eigenvalue weighted by Crippen LogP contribution is -2.33. The van der Waals surface area contributed by atoms with Crippen molar-refractivity contribution in [3.63, 3.8) is 0 Å². The normalized spacial score (nSPS) is 11.3. The molecule has 1 heterocycles. The molecule has 1 aromatic rings. The number of aromatic nitrogens is 1. The molecule has 1 rings (SSSR count). The Morgan fingerprint density at radius 2 is 2.33 bits per heavy atom. The second-order valence-electron chi connectivity index (χ2n) is 4.00. The van der Waals surface area contributed by atoms with Crippen LogP contribution in [-0.2, 0) is 0 Å². The molecule has 0 spiro atoms. The van der Waals surface area contributed by atoms with Gasteiger partial charge in [0.1, 0.15) is 0 Å². The van der Waals surface area contributed by atoms with Crippen molar-refractivity contribution in [3.8, 4) is 11.8 Å². The fourth-order valence-corrected chi connectivity index (χ4v) is 1.48. The van der Waals surface area contributed by atoms with Crippen molar-refractivity contribution in [2.24, 2.45) is 5.73 Å². The number of nitrogens with zero attached hydrogens (tertiary/aromatic N) is 2. The van der Waals surface area contributed by atoms with Crippen molar-refractivity contribution >= 4 is 5.91 Å². The number of rotatable bonds is 3. The molecule has 1 amide bonds. The highest BCUT2D eigenvalue weighted by Gasteiger charge is 2.13. The van der Waals surface area contributed by atoms with Crippen molar-refractivity contribution in [1.82, 2.24) is 9.88 Å². The molecule has 0 aliphatic rings. The zero-order valence-corrected chi connectivity index (χ0v) is 10.6. The molecule has 96 valence electrons. The van der Waals surface area contributed by atoms with Crippen LogP contribution in [-0.4, -0.2) is 47.1 Å². The van der Waals surface area contributed by atoms with E-state index in [1.54, 1.807) is 26.2 Å². The molecular weight excluding hydrogens is 230 g/mol. The van der Waals surface area contributed by atoms with Gasteiger partial charge >= 0.3 is 0 Å². The third-order valence-electron chi connectivity index (χ3n) is 2.20. The highest BCUT2D eigenvalue weighted by Crippen LogP contribution is 2.05. The summed E-state index contributed by atoms with van der Waals surface area (Å²) in [6, 6.07) is 1.66. The van der Waals surface area contributed by atoms with E-state index >= 15 is 0 Å². The van der Waals surface area contributed by atoms with E-state index in [4.69, 9.17) is 5.73 Å². The van der Waals surface area contributed by atoms with Gasteiger partial charge in [0.2, 0.25) is 0 Å². The Hall–Kier alpha value is -1.90. The molecule has 0 fully saturated rings. The Bertz CT molecular complexity index is 475. The average molecular weight is 247 g/mol. The second-order valence-corrected chi connectivity index (χ2v) is 4.00. The van der Waals surface area contributed by atoms with Crippen LogP contribution >= 0.6 is 0 Å². The summed E-state index contributed by atoms with van der Waals surface area (Å²) in [5.74, 6) is 5.33. The minimum Gasteiger partial charge on any atom is -0.392 e. The number of carbonyl (C=O) groups excluding carboxylic acids is 1. The topological polar surface area (TPSA) is 79.5 Å². The lowest BCUT2D eigenvalue weighted by atomic mass is 10.2. The van der Waals surface area contributed by atoms with Crippen LogP contribution in [0, 0.1) is 11.8 Å². The van der Waals surface area contributed by atoms with Crippen molar-refractivity contribution in [2.45, 2.75) is 13.0 Å². The largest absolute Gasteiger partial charge is 0.392 e. The van der Waals surface area contributed by atoms with Gasteiger partial charge in [0.15, 0.2) is 0 Å². The molecule has 5 heteroatoms. The van der Waals surface area contributed by atoms with Gasteiger partial charge in [0.25, 0.3) is 5.91 Å². The number of hydrogen-bond donors (Lipinski definition) is 2. The Morgan fingerprint density at radius 3 is 2.94 bits per heavy atom. The minimum absolute atomic E-state index is 0.195. The number of aliphatic hydroxyl groups excluding tert-OH is 1. The summed E-state index contributed by atoms with van der Waals surface area (Å²) in [6.07, 6.45) is 2.50. The Kier molecular flexibility index (Phi) is 5.31. The van der Waals surface area contributed by atoms with Gasteiger partial charge in [-0.05, 0) is 13.0 Å². The van der Waals surface area contributed by atoms with Crippen LogP contribution in [0.25, 0.3) is 0 Å². The molecule has 3 N–H and O–H groups in total. The lowest BCUT2D eigenvalue weighted by Gasteiger charge is -2.18. The number of pyridine rings is 1. The first-order chi connectivity index (χ1) is 8.54. The molecule has 0 aromatic carbocycles. The molecule has 0 radical (unpaired) electrons. The first-order valence-corrected chi connectivity index (χ1v) is 5.62. The van der Waals surface area contributed by atoms with Gasteiger partial charge in [0, 0.05) is 31.5 Å². The highest BCUT2D eigenvalue weighted by molar-refractivity contribution is 5.94. The Balaban J connectivity index is 2.86. The fourth-order valence-electron chi connectivity index (χ4n) is 1.48. The van der Waals surface area contributed by atoms with E-state index in [1.807, 2.05) is 0 Å². The number of nitrogens with two attached hydrogens (primary N) is 1. The summed E-state index contributed by atoms with van der Waals surface area (Å²) >= 11 is 0. The quantitative estimate of drug-likeness (QED) is 0.728. The lowest BCUT2D eigenvalue weighted by molar-refractivity contribution is 0.0703. The van der Waals surface area contributed by atoms with Crippen LogP contribution in [0.3, 0.4) is 0 Å². The third-order valence-corrected chi connectivity index (χ3v) is 2.20. The maximum absolute atomic E-state index is 12.0. The molecular formula is C13H17N3O2. The Labute approximate surface area is 107 Å². The van der Waals surface area contributed by atoms with Crippen molar-refractivity contribution in [1.29, 1.82) is 0 Å². The van der Waals surface area contributed by atoms with Crippen molar-refractivity contribution in [2.75, 3.05) is 20.1 Å². The molecule has 0 saturated carbocycles. The smallest absolute Gasteiger partial charge is 0.255 e.